The quantitative estimate of drug-likeness (QED) is 0.239. The number of ether oxygens (including phenoxy) is 2. The third-order valence-electron chi connectivity index (χ3n) is 5.87. The Hall–Kier alpha value is -3.32. The van der Waals surface area contributed by atoms with Gasteiger partial charge in [-0.05, 0) is 67.6 Å². The summed E-state index contributed by atoms with van der Waals surface area (Å²) in [6, 6.07) is 10.8. The first-order valence-electron chi connectivity index (χ1n) is 11.5. The Morgan fingerprint density at radius 3 is 2.32 bits per heavy atom. The number of phenolic OH excluding ortho intramolecular Hbond substituents is 1. The van der Waals surface area contributed by atoms with Crippen molar-refractivity contribution in [1.29, 1.82) is 0 Å². The molecule has 1 heterocycles. The van der Waals surface area contributed by atoms with Crippen molar-refractivity contribution in [2.24, 2.45) is 0 Å². The molecule has 2 aromatic rings. The van der Waals surface area contributed by atoms with Crippen LogP contribution in [-0.2, 0) is 14.3 Å². The summed E-state index contributed by atoms with van der Waals surface area (Å²) < 4.78 is 11.0. The van der Waals surface area contributed by atoms with Crippen molar-refractivity contribution >= 4 is 17.4 Å². The van der Waals surface area contributed by atoms with Gasteiger partial charge in [-0.1, -0.05) is 26.0 Å². The molecule has 34 heavy (non-hydrogen) atoms. The highest BCUT2D eigenvalue weighted by Crippen LogP contribution is 2.40. The maximum absolute atomic E-state index is 13.1. The Morgan fingerprint density at radius 2 is 1.74 bits per heavy atom. The molecular weight excluding hydrogens is 434 g/mol. The van der Waals surface area contributed by atoms with E-state index in [4.69, 9.17) is 9.47 Å². The van der Waals surface area contributed by atoms with Gasteiger partial charge in [-0.3, -0.25) is 9.59 Å². The second-order valence-electron chi connectivity index (χ2n) is 8.97. The van der Waals surface area contributed by atoms with E-state index in [1.54, 1.807) is 37.4 Å². The van der Waals surface area contributed by atoms with Crippen molar-refractivity contribution in [2.75, 3.05) is 20.3 Å². The van der Waals surface area contributed by atoms with E-state index in [9.17, 15) is 19.8 Å². The molecule has 2 N–H and O–H groups in total. The van der Waals surface area contributed by atoms with Crippen molar-refractivity contribution in [3.8, 4) is 11.5 Å². The lowest BCUT2D eigenvalue weighted by molar-refractivity contribution is -0.140. The van der Waals surface area contributed by atoms with E-state index < -0.39 is 17.7 Å². The first kappa shape index (κ1) is 25.3. The van der Waals surface area contributed by atoms with E-state index in [2.05, 4.69) is 0 Å². The van der Waals surface area contributed by atoms with Gasteiger partial charge in [-0.2, -0.15) is 0 Å². The average Bonchev–Trinajstić information content (AvgIpc) is 3.06. The van der Waals surface area contributed by atoms with Crippen molar-refractivity contribution in [3.63, 3.8) is 0 Å². The van der Waals surface area contributed by atoms with Crippen LogP contribution in [0.2, 0.25) is 0 Å². The number of rotatable bonds is 9. The van der Waals surface area contributed by atoms with Gasteiger partial charge < -0.3 is 24.6 Å². The molecular formula is C27H33NO6. The number of aliphatic hydroxyl groups excluding tert-OH is 1. The lowest BCUT2D eigenvalue weighted by Crippen LogP contribution is -2.31. The van der Waals surface area contributed by atoms with Crippen molar-refractivity contribution in [1.82, 2.24) is 4.90 Å². The average molecular weight is 468 g/mol. The molecule has 1 amide bonds. The molecule has 0 aromatic heterocycles. The summed E-state index contributed by atoms with van der Waals surface area (Å²) in [7, 11) is 1.58. The van der Waals surface area contributed by atoms with E-state index in [0.717, 1.165) is 5.56 Å². The molecule has 0 spiro atoms. The van der Waals surface area contributed by atoms with Crippen LogP contribution in [0.1, 0.15) is 62.8 Å². The number of amides is 1. The standard InChI is InChI=1S/C27H33NO6/c1-16(2)21-15-19(9-12-22(21)33-5)25(30)23-24(18-7-10-20(29)11-8-18)28(27(32)26(23)31)13-6-14-34-17(3)4/h7-12,15-17,24,29-30H,6,13-14H2,1-5H3/b25-23-. The van der Waals surface area contributed by atoms with Crippen LogP contribution in [0.5, 0.6) is 11.5 Å². The minimum absolute atomic E-state index is 0.0281. The van der Waals surface area contributed by atoms with Gasteiger partial charge in [0.2, 0.25) is 0 Å². The first-order chi connectivity index (χ1) is 16.1. The van der Waals surface area contributed by atoms with Gasteiger partial charge in [0.1, 0.15) is 17.3 Å². The molecule has 7 nitrogen and oxygen atoms in total. The Bertz CT molecular complexity index is 1070. The van der Waals surface area contributed by atoms with E-state index in [1.807, 2.05) is 27.7 Å². The molecule has 1 aliphatic heterocycles. The zero-order valence-electron chi connectivity index (χ0n) is 20.4. The number of Topliss-reactive ketones (excluding diaryl/α,β-unsaturated/α-hetero) is 1. The second-order valence-corrected chi connectivity index (χ2v) is 8.97. The number of carbonyl (C=O) groups is 2. The third kappa shape index (κ3) is 5.25. The largest absolute Gasteiger partial charge is 0.508 e. The molecule has 7 heteroatoms. The Morgan fingerprint density at radius 1 is 1.06 bits per heavy atom. The van der Waals surface area contributed by atoms with E-state index >= 15 is 0 Å². The summed E-state index contributed by atoms with van der Waals surface area (Å²) >= 11 is 0. The number of aliphatic hydroxyl groups is 1. The Labute approximate surface area is 200 Å². The molecule has 1 fully saturated rings. The van der Waals surface area contributed by atoms with Gasteiger partial charge >= 0.3 is 0 Å². The van der Waals surface area contributed by atoms with Crippen molar-refractivity contribution in [3.05, 3.63) is 64.7 Å². The summed E-state index contributed by atoms with van der Waals surface area (Å²) in [5.41, 5.74) is 1.98. The number of nitrogens with zero attached hydrogens (tertiary/aromatic N) is 1. The molecule has 1 unspecified atom stereocenters. The van der Waals surface area contributed by atoms with Crippen LogP contribution in [-0.4, -0.2) is 53.2 Å². The van der Waals surface area contributed by atoms with E-state index in [-0.39, 0.29) is 29.1 Å². The molecule has 0 radical (unpaired) electrons. The van der Waals surface area contributed by atoms with Crippen LogP contribution in [0.25, 0.3) is 5.76 Å². The topological polar surface area (TPSA) is 96.3 Å². The van der Waals surface area contributed by atoms with Gasteiger partial charge in [-0.25, -0.2) is 0 Å². The fraction of sp³-hybridized carbons (Fsp3) is 0.407. The summed E-state index contributed by atoms with van der Waals surface area (Å²) in [5, 5.41) is 21.0. The normalized spacial score (nSPS) is 17.7. The number of likely N-dealkylation sites (tertiary alicyclic amines) is 1. The minimum Gasteiger partial charge on any atom is -0.508 e. The third-order valence-corrected chi connectivity index (χ3v) is 5.87. The second kappa shape index (κ2) is 10.7. The SMILES string of the molecule is COc1ccc(/C(O)=C2/C(=O)C(=O)N(CCCOC(C)C)C2c2ccc(O)cc2)cc1C(C)C. The predicted molar refractivity (Wildman–Crippen MR) is 130 cm³/mol. The van der Waals surface area contributed by atoms with Gasteiger partial charge in [0.15, 0.2) is 0 Å². The number of hydrogen-bond acceptors (Lipinski definition) is 6. The van der Waals surface area contributed by atoms with Gasteiger partial charge in [-0.15, -0.1) is 0 Å². The lowest BCUT2D eigenvalue weighted by atomic mass is 9.93. The number of benzene rings is 2. The number of methoxy groups -OCH3 is 1. The molecule has 0 aliphatic carbocycles. The van der Waals surface area contributed by atoms with Crippen molar-refractivity contribution < 1.29 is 29.3 Å². The first-order valence-corrected chi connectivity index (χ1v) is 11.5. The molecule has 0 bridgehead atoms. The predicted octanol–water partition coefficient (Wildman–Crippen LogP) is 4.76. The smallest absolute Gasteiger partial charge is 0.295 e. The summed E-state index contributed by atoms with van der Waals surface area (Å²) in [5.74, 6) is -0.750. The minimum atomic E-state index is -0.774. The highest BCUT2D eigenvalue weighted by atomic mass is 16.5. The Kier molecular flexibility index (Phi) is 7.99. The number of ketones is 1. The van der Waals surface area contributed by atoms with Crippen LogP contribution in [0.15, 0.2) is 48.0 Å². The van der Waals surface area contributed by atoms with Gasteiger partial charge in [0.05, 0.1) is 24.8 Å². The van der Waals surface area contributed by atoms with E-state index in [1.165, 1.54) is 17.0 Å². The van der Waals surface area contributed by atoms with Crippen LogP contribution in [0, 0.1) is 0 Å². The monoisotopic (exact) mass is 467 g/mol. The fourth-order valence-electron chi connectivity index (χ4n) is 4.16. The lowest BCUT2D eigenvalue weighted by Gasteiger charge is -2.25. The number of aromatic hydroxyl groups is 1. The molecule has 3 rings (SSSR count). The maximum Gasteiger partial charge on any atom is 0.295 e. The van der Waals surface area contributed by atoms with Crippen LogP contribution in [0.4, 0.5) is 0 Å². The Balaban J connectivity index is 2.08. The zero-order valence-corrected chi connectivity index (χ0v) is 20.4. The van der Waals surface area contributed by atoms with Gasteiger partial charge in [0, 0.05) is 18.7 Å². The number of hydrogen-bond donors (Lipinski definition) is 2. The molecule has 0 saturated carbocycles. The summed E-state index contributed by atoms with van der Waals surface area (Å²) in [6.45, 7) is 8.62. The molecule has 182 valence electrons. The molecule has 1 atom stereocenters. The summed E-state index contributed by atoms with van der Waals surface area (Å²) in [6.07, 6.45) is 0.605. The number of carbonyl (C=O) groups excluding carboxylic acids is 2. The van der Waals surface area contributed by atoms with E-state index in [0.29, 0.717) is 36.4 Å². The van der Waals surface area contributed by atoms with Crippen LogP contribution < -0.4 is 4.74 Å². The number of phenols is 1. The van der Waals surface area contributed by atoms with Gasteiger partial charge in [0.25, 0.3) is 11.7 Å². The highest BCUT2D eigenvalue weighted by molar-refractivity contribution is 6.46. The highest BCUT2D eigenvalue weighted by Gasteiger charge is 2.45. The van der Waals surface area contributed by atoms with Crippen molar-refractivity contribution in [2.45, 2.75) is 52.2 Å². The zero-order chi connectivity index (χ0) is 25.0. The van der Waals surface area contributed by atoms with Crippen LogP contribution in [0.3, 0.4) is 0 Å². The molecule has 1 saturated heterocycles. The fourth-order valence-corrected chi connectivity index (χ4v) is 4.16. The summed E-state index contributed by atoms with van der Waals surface area (Å²) in [4.78, 5) is 27.6. The molecule has 1 aliphatic rings. The molecule has 2 aromatic carbocycles. The van der Waals surface area contributed by atoms with Crippen LogP contribution >= 0.6 is 0 Å². The maximum atomic E-state index is 13.1.